The van der Waals surface area contributed by atoms with E-state index in [0.717, 1.165) is 36.2 Å². The number of nitrogens with zero attached hydrogens (tertiary/aromatic N) is 2. The van der Waals surface area contributed by atoms with E-state index in [2.05, 4.69) is 58.4 Å². The van der Waals surface area contributed by atoms with E-state index in [1.807, 2.05) is 25.1 Å². The van der Waals surface area contributed by atoms with Gasteiger partial charge in [0.15, 0.2) is 23.0 Å². The highest BCUT2D eigenvalue weighted by Crippen LogP contribution is 2.59. The number of hydrogen-bond acceptors (Lipinski definition) is 9. The van der Waals surface area contributed by atoms with Crippen molar-refractivity contribution in [3.05, 3.63) is 82.4 Å². The van der Waals surface area contributed by atoms with Crippen LogP contribution < -0.4 is 24.3 Å². The lowest BCUT2D eigenvalue weighted by Crippen LogP contribution is -2.62. The summed E-state index contributed by atoms with van der Waals surface area (Å²) in [4.78, 5) is 33.1. The average molecular weight is 714 g/mol. The van der Waals surface area contributed by atoms with Crippen molar-refractivity contribution in [3.63, 3.8) is 0 Å². The van der Waals surface area contributed by atoms with E-state index in [1.165, 1.54) is 11.1 Å². The topological polar surface area (TPSA) is 98.8 Å². The summed E-state index contributed by atoms with van der Waals surface area (Å²) >= 11 is 0. The molecule has 3 aliphatic rings. The Morgan fingerprint density at radius 2 is 1.50 bits per heavy atom. The number of benzene rings is 3. The van der Waals surface area contributed by atoms with Gasteiger partial charge in [-0.15, -0.1) is 0 Å². The van der Waals surface area contributed by atoms with Crippen LogP contribution >= 0.6 is 0 Å². The number of ether oxygens (including phenoxy) is 5. The summed E-state index contributed by atoms with van der Waals surface area (Å²) in [7, 11) is 6.66. The Balaban J connectivity index is 1.50. The van der Waals surface area contributed by atoms with Crippen LogP contribution in [-0.4, -0.2) is 82.9 Å². The number of nitrogens with one attached hydrogen (secondary N) is 1. The molecule has 1 spiro atoms. The van der Waals surface area contributed by atoms with Crippen LogP contribution in [0.3, 0.4) is 0 Å². The summed E-state index contributed by atoms with van der Waals surface area (Å²) in [5.41, 5.74) is 5.04. The molecule has 1 unspecified atom stereocenters. The fraction of sp³-hybridized carbons (Fsp3) is 0.524. The molecule has 0 saturated heterocycles. The molecule has 1 fully saturated rings. The first kappa shape index (κ1) is 37.5. The molecule has 2 heterocycles. The number of hydrogen-bond donors (Lipinski definition) is 1. The van der Waals surface area contributed by atoms with Crippen LogP contribution in [0.15, 0.2) is 54.6 Å². The largest absolute Gasteiger partial charge is 0.493 e. The summed E-state index contributed by atoms with van der Waals surface area (Å²) in [6.07, 6.45) is 3.70. The number of esters is 1. The minimum atomic E-state index is -0.730. The molecule has 4 atom stereocenters. The molecule has 10 heteroatoms. The highest BCUT2D eigenvalue weighted by molar-refractivity contribution is 5.79. The van der Waals surface area contributed by atoms with Gasteiger partial charge in [-0.1, -0.05) is 37.3 Å². The summed E-state index contributed by atoms with van der Waals surface area (Å²) in [6, 6.07) is 18.6. The molecule has 1 saturated carbocycles. The van der Waals surface area contributed by atoms with Crippen molar-refractivity contribution in [2.75, 3.05) is 61.2 Å². The molecule has 0 aromatic heterocycles. The molecule has 0 bridgehead atoms. The maximum absolute atomic E-state index is 14.8. The third-order valence-electron chi connectivity index (χ3n) is 11.6. The molecular formula is C42H55N3O7. The molecular weight excluding hydrogens is 658 g/mol. The minimum absolute atomic E-state index is 0.104. The lowest BCUT2D eigenvalue weighted by molar-refractivity contribution is -0.158. The number of amides is 1. The fourth-order valence-corrected chi connectivity index (χ4v) is 9.20. The Bertz CT molecular complexity index is 1720. The number of fused-ring (bicyclic) bond motifs is 3. The molecule has 3 aromatic rings. The maximum Gasteiger partial charge on any atom is 0.308 e. The van der Waals surface area contributed by atoms with Crippen LogP contribution in [0.4, 0.5) is 0 Å². The summed E-state index contributed by atoms with van der Waals surface area (Å²) in [5, 5.41) is 3.50. The molecule has 1 amide bonds. The van der Waals surface area contributed by atoms with Gasteiger partial charge in [0.1, 0.15) is 0 Å². The van der Waals surface area contributed by atoms with E-state index >= 15 is 0 Å². The molecule has 10 nitrogen and oxygen atoms in total. The van der Waals surface area contributed by atoms with E-state index in [9.17, 15) is 9.59 Å². The van der Waals surface area contributed by atoms with Crippen LogP contribution in [0.25, 0.3) is 0 Å². The number of carbonyl (C=O) groups is 2. The predicted octanol–water partition coefficient (Wildman–Crippen LogP) is 6.08. The van der Waals surface area contributed by atoms with Crippen LogP contribution in [0.2, 0.25) is 0 Å². The van der Waals surface area contributed by atoms with E-state index in [4.69, 9.17) is 23.7 Å². The Hall–Kier alpha value is -4.28. The van der Waals surface area contributed by atoms with Gasteiger partial charge in [-0.05, 0) is 97.7 Å². The second-order valence-electron chi connectivity index (χ2n) is 14.1. The SMILES string of the molecule is CCOC(=O)[C@@H]1CC[C@]2(c3cc(OC)c(OC)cc3CCN2C(=O)CCNCc2ccccc2)[C@@H](C2c3cc(OC)c(OC)cc3CCN2CC)C1. The van der Waals surface area contributed by atoms with Crippen molar-refractivity contribution < 1.29 is 33.3 Å². The fourth-order valence-electron chi connectivity index (χ4n) is 9.20. The van der Waals surface area contributed by atoms with Crippen molar-refractivity contribution in [2.45, 2.75) is 70.5 Å². The van der Waals surface area contributed by atoms with E-state index < -0.39 is 5.54 Å². The predicted molar refractivity (Wildman–Crippen MR) is 200 cm³/mol. The van der Waals surface area contributed by atoms with Crippen LogP contribution in [0.1, 0.15) is 73.4 Å². The zero-order valence-electron chi connectivity index (χ0n) is 31.7. The number of methoxy groups -OCH3 is 4. The van der Waals surface area contributed by atoms with Crippen LogP contribution in [0.5, 0.6) is 23.0 Å². The van der Waals surface area contributed by atoms with Gasteiger partial charge in [0, 0.05) is 44.6 Å². The third kappa shape index (κ3) is 7.07. The van der Waals surface area contributed by atoms with E-state index in [-0.39, 0.29) is 29.8 Å². The maximum atomic E-state index is 14.8. The Morgan fingerprint density at radius 1 is 0.846 bits per heavy atom. The molecule has 0 radical (unpaired) electrons. The second kappa shape index (κ2) is 16.6. The minimum Gasteiger partial charge on any atom is -0.493 e. The Labute approximate surface area is 308 Å². The number of rotatable bonds is 13. The molecule has 1 aliphatic carbocycles. The van der Waals surface area contributed by atoms with Gasteiger partial charge in [-0.3, -0.25) is 14.5 Å². The van der Waals surface area contributed by atoms with Crippen molar-refractivity contribution in [1.82, 2.24) is 15.1 Å². The highest BCUT2D eigenvalue weighted by atomic mass is 16.5. The first-order valence-electron chi connectivity index (χ1n) is 18.8. The molecule has 3 aromatic carbocycles. The zero-order chi connectivity index (χ0) is 36.8. The van der Waals surface area contributed by atoms with E-state index in [1.54, 1.807) is 28.4 Å². The lowest BCUT2D eigenvalue weighted by Gasteiger charge is -2.59. The first-order chi connectivity index (χ1) is 25.3. The van der Waals surface area contributed by atoms with Gasteiger partial charge in [0.05, 0.1) is 46.5 Å². The smallest absolute Gasteiger partial charge is 0.308 e. The van der Waals surface area contributed by atoms with Gasteiger partial charge in [-0.2, -0.15) is 0 Å². The lowest BCUT2D eigenvalue weighted by atomic mass is 9.58. The average Bonchev–Trinajstić information content (AvgIpc) is 3.18. The van der Waals surface area contributed by atoms with Gasteiger partial charge in [-0.25, -0.2) is 0 Å². The summed E-state index contributed by atoms with van der Waals surface area (Å²) in [6.45, 7) is 7.86. The second-order valence-corrected chi connectivity index (χ2v) is 14.1. The third-order valence-corrected chi connectivity index (χ3v) is 11.6. The number of carbonyl (C=O) groups excluding carboxylic acids is 2. The monoisotopic (exact) mass is 713 g/mol. The molecule has 280 valence electrons. The molecule has 1 N–H and O–H groups in total. The Morgan fingerprint density at radius 3 is 2.17 bits per heavy atom. The highest BCUT2D eigenvalue weighted by Gasteiger charge is 2.58. The van der Waals surface area contributed by atoms with Gasteiger partial charge in [0.2, 0.25) is 5.91 Å². The zero-order valence-corrected chi connectivity index (χ0v) is 31.7. The Kier molecular flexibility index (Phi) is 12.0. The summed E-state index contributed by atoms with van der Waals surface area (Å²) < 4.78 is 29.0. The normalized spacial score (nSPS) is 22.7. The quantitative estimate of drug-likeness (QED) is 0.167. The summed E-state index contributed by atoms with van der Waals surface area (Å²) in [5.74, 6) is 2.16. The van der Waals surface area contributed by atoms with Crippen LogP contribution in [-0.2, 0) is 39.3 Å². The van der Waals surface area contributed by atoms with Gasteiger partial charge >= 0.3 is 5.97 Å². The van der Waals surface area contributed by atoms with Crippen LogP contribution in [0, 0.1) is 11.8 Å². The molecule has 52 heavy (non-hydrogen) atoms. The number of likely N-dealkylation sites (N-methyl/N-ethyl adjacent to an activating group) is 1. The van der Waals surface area contributed by atoms with Crippen molar-refractivity contribution in [2.24, 2.45) is 11.8 Å². The molecule has 2 aliphatic heterocycles. The first-order valence-corrected chi connectivity index (χ1v) is 18.8. The van der Waals surface area contributed by atoms with Crippen molar-refractivity contribution >= 4 is 11.9 Å². The van der Waals surface area contributed by atoms with Gasteiger partial charge < -0.3 is 33.9 Å². The van der Waals surface area contributed by atoms with Crippen molar-refractivity contribution in [1.29, 1.82) is 0 Å². The van der Waals surface area contributed by atoms with Gasteiger partial charge in [0.25, 0.3) is 0 Å². The molecule has 6 rings (SSSR count). The van der Waals surface area contributed by atoms with E-state index in [0.29, 0.717) is 81.3 Å². The standard InChI is InChI=1S/C42H55N3O7/c1-7-44-20-16-29-23-35(48-3)37(50-5)25-32(29)40(44)34-22-31(41(47)52-8-2)14-18-42(34)33-26-38(51-6)36(49-4)24-30(33)17-21-45(42)39(46)15-19-43-27-28-12-10-9-11-13-28/h9-13,23-26,31,34,40,43H,7-8,14-22,27H2,1-6H3/t31-,34-,40?,42+/m1/s1. The van der Waals surface area contributed by atoms with Crippen molar-refractivity contribution in [3.8, 4) is 23.0 Å².